The highest BCUT2D eigenvalue weighted by Crippen LogP contribution is 2.45. The SMILES string of the molecule is COc1cc(C[C@H]2C(=O)OC[C@@H]2Cc2ccc3c(c2)OCO3)c(Cl)c(OC)c1O. The van der Waals surface area contributed by atoms with Gasteiger partial charge in [0.15, 0.2) is 23.0 Å². The number of fused-ring (bicyclic) bond motifs is 1. The monoisotopic (exact) mass is 420 g/mol. The summed E-state index contributed by atoms with van der Waals surface area (Å²) in [6.45, 7) is 0.553. The van der Waals surface area contributed by atoms with Gasteiger partial charge >= 0.3 is 5.97 Å². The Morgan fingerprint density at radius 1 is 1.10 bits per heavy atom. The van der Waals surface area contributed by atoms with Crippen molar-refractivity contribution in [3.8, 4) is 28.7 Å². The summed E-state index contributed by atoms with van der Waals surface area (Å²) in [5.74, 6) is 0.952. The van der Waals surface area contributed by atoms with E-state index in [2.05, 4.69) is 0 Å². The van der Waals surface area contributed by atoms with Crippen LogP contribution in [0.4, 0.5) is 0 Å². The molecular weight excluding hydrogens is 400 g/mol. The Hall–Kier alpha value is -2.80. The van der Waals surface area contributed by atoms with E-state index in [4.69, 9.17) is 35.3 Å². The van der Waals surface area contributed by atoms with Gasteiger partial charge in [-0.05, 0) is 42.2 Å². The summed E-state index contributed by atoms with van der Waals surface area (Å²) in [7, 11) is 2.86. The summed E-state index contributed by atoms with van der Waals surface area (Å²) in [6.07, 6.45) is 0.997. The fourth-order valence-electron chi connectivity index (χ4n) is 3.81. The highest BCUT2D eigenvalue weighted by Gasteiger charge is 2.38. The zero-order chi connectivity index (χ0) is 20.5. The molecule has 0 spiro atoms. The standard InChI is InChI=1S/C21H21ClO7/c1-25-17-8-12(18(22)20(26-2)19(17)23)7-14-13(9-27-21(14)24)5-11-3-4-15-16(6-11)29-10-28-15/h3-4,6,8,13-14,23H,5,7,9-10H2,1-2H3/t13-,14+/m0/s1. The van der Waals surface area contributed by atoms with Crippen LogP contribution in [-0.4, -0.2) is 38.7 Å². The molecule has 0 radical (unpaired) electrons. The molecule has 7 nitrogen and oxygen atoms in total. The Bertz CT molecular complexity index is 943. The maximum absolute atomic E-state index is 12.4. The number of phenols is 1. The van der Waals surface area contributed by atoms with Crippen LogP contribution in [0.25, 0.3) is 0 Å². The zero-order valence-electron chi connectivity index (χ0n) is 16.1. The predicted molar refractivity (Wildman–Crippen MR) is 104 cm³/mol. The van der Waals surface area contributed by atoms with Crippen molar-refractivity contribution in [3.05, 3.63) is 40.4 Å². The largest absolute Gasteiger partial charge is 0.502 e. The Balaban J connectivity index is 1.58. The van der Waals surface area contributed by atoms with E-state index in [1.54, 1.807) is 6.07 Å². The molecule has 0 unspecified atom stereocenters. The number of carbonyl (C=O) groups is 1. The van der Waals surface area contributed by atoms with Crippen LogP contribution in [0.5, 0.6) is 28.7 Å². The van der Waals surface area contributed by atoms with E-state index in [0.29, 0.717) is 30.8 Å². The molecule has 0 saturated carbocycles. The van der Waals surface area contributed by atoms with Crippen LogP contribution in [0.1, 0.15) is 11.1 Å². The molecule has 0 aliphatic carbocycles. The Labute approximate surface area is 173 Å². The summed E-state index contributed by atoms with van der Waals surface area (Å²) < 4.78 is 26.5. The van der Waals surface area contributed by atoms with E-state index >= 15 is 0 Å². The number of hydrogen-bond donors (Lipinski definition) is 1. The number of hydrogen-bond acceptors (Lipinski definition) is 7. The molecule has 2 aliphatic heterocycles. The fraction of sp³-hybridized carbons (Fsp3) is 0.381. The Morgan fingerprint density at radius 3 is 2.66 bits per heavy atom. The van der Waals surface area contributed by atoms with Crippen LogP contribution in [0, 0.1) is 11.8 Å². The number of cyclic esters (lactones) is 1. The number of rotatable bonds is 6. The minimum absolute atomic E-state index is 0.0234. The van der Waals surface area contributed by atoms with E-state index in [-0.39, 0.29) is 46.9 Å². The molecule has 0 aromatic heterocycles. The second kappa shape index (κ2) is 7.91. The number of carbonyl (C=O) groups excluding carboxylic acids is 1. The van der Waals surface area contributed by atoms with Crippen LogP contribution in [0.3, 0.4) is 0 Å². The van der Waals surface area contributed by atoms with Crippen molar-refractivity contribution in [2.75, 3.05) is 27.6 Å². The van der Waals surface area contributed by atoms with E-state index in [1.165, 1.54) is 14.2 Å². The molecule has 2 aromatic rings. The predicted octanol–water partition coefficient (Wildman–Crippen LogP) is 3.37. The molecule has 2 atom stereocenters. The van der Waals surface area contributed by atoms with Gasteiger partial charge in [-0.1, -0.05) is 17.7 Å². The van der Waals surface area contributed by atoms with Crippen molar-refractivity contribution < 1.29 is 33.6 Å². The molecule has 0 amide bonds. The first-order valence-corrected chi connectivity index (χ1v) is 9.57. The van der Waals surface area contributed by atoms with Crippen molar-refractivity contribution in [1.29, 1.82) is 0 Å². The third-order valence-corrected chi connectivity index (χ3v) is 5.76. The molecule has 8 heteroatoms. The van der Waals surface area contributed by atoms with Gasteiger partial charge in [-0.25, -0.2) is 0 Å². The molecule has 154 valence electrons. The lowest BCUT2D eigenvalue weighted by molar-refractivity contribution is -0.141. The minimum atomic E-state index is -0.378. The van der Waals surface area contributed by atoms with Crippen LogP contribution in [0.15, 0.2) is 24.3 Å². The number of benzene rings is 2. The van der Waals surface area contributed by atoms with Gasteiger partial charge in [0.05, 0.1) is 31.8 Å². The maximum atomic E-state index is 12.4. The number of methoxy groups -OCH3 is 2. The Kier molecular flexibility index (Phi) is 5.32. The van der Waals surface area contributed by atoms with Gasteiger partial charge in [-0.2, -0.15) is 0 Å². The molecule has 0 bridgehead atoms. The highest BCUT2D eigenvalue weighted by atomic mass is 35.5. The Morgan fingerprint density at radius 2 is 1.90 bits per heavy atom. The van der Waals surface area contributed by atoms with Gasteiger partial charge in [0, 0.05) is 5.92 Å². The van der Waals surface area contributed by atoms with Gasteiger partial charge < -0.3 is 28.8 Å². The van der Waals surface area contributed by atoms with Gasteiger partial charge in [-0.15, -0.1) is 0 Å². The zero-order valence-corrected chi connectivity index (χ0v) is 16.8. The molecular formula is C21H21ClO7. The van der Waals surface area contributed by atoms with Gasteiger partial charge in [-0.3, -0.25) is 4.79 Å². The van der Waals surface area contributed by atoms with Crippen molar-refractivity contribution >= 4 is 17.6 Å². The van der Waals surface area contributed by atoms with Gasteiger partial charge in [0.25, 0.3) is 0 Å². The fourth-order valence-corrected chi connectivity index (χ4v) is 4.10. The van der Waals surface area contributed by atoms with Crippen molar-refractivity contribution in [3.63, 3.8) is 0 Å². The number of halogens is 1. The number of esters is 1. The summed E-state index contributed by atoms with van der Waals surface area (Å²) in [6, 6.07) is 7.40. The van der Waals surface area contributed by atoms with Crippen molar-refractivity contribution in [2.45, 2.75) is 12.8 Å². The topological polar surface area (TPSA) is 83.5 Å². The molecule has 1 saturated heterocycles. The van der Waals surface area contributed by atoms with E-state index in [1.807, 2.05) is 18.2 Å². The first-order chi connectivity index (χ1) is 14.0. The first kappa shape index (κ1) is 19.5. The second-order valence-corrected chi connectivity index (χ2v) is 7.40. The molecule has 1 fully saturated rings. The summed E-state index contributed by atoms with van der Waals surface area (Å²) in [4.78, 5) is 12.4. The van der Waals surface area contributed by atoms with Crippen LogP contribution < -0.4 is 18.9 Å². The lowest BCUT2D eigenvalue weighted by atomic mass is 9.85. The minimum Gasteiger partial charge on any atom is -0.502 e. The lowest BCUT2D eigenvalue weighted by Gasteiger charge is -2.18. The number of phenolic OH excluding ortho intramolecular Hbond substituents is 1. The highest BCUT2D eigenvalue weighted by molar-refractivity contribution is 6.33. The molecule has 1 N–H and O–H groups in total. The van der Waals surface area contributed by atoms with Crippen LogP contribution in [-0.2, 0) is 22.4 Å². The lowest BCUT2D eigenvalue weighted by Crippen LogP contribution is -2.21. The second-order valence-electron chi connectivity index (χ2n) is 7.03. The van der Waals surface area contributed by atoms with Crippen molar-refractivity contribution in [1.82, 2.24) is 0 Å². The number of aromatic hydroxyl groups is 1. The van der Waals surface area contributed by atoms with E-state index in [9.17, 15) is 9.90 Å². The molecule has 4 rings (SSSR count). The van der Waals surface area contributed by atoms with Crippen LogP contribution in [0.2, 0.25) is 5.02 Å². The smallest absolute Gasteiger partial charge is 0.309 e. The maximum Gasteiger partial charge on any atom is 0.309 e. The van der Waals surface area contributed by atoms with Crippen molar-refractivity contribution in [2.24, 2.45) is 11.8 Å². The summed E-state index contributed by atoms with van der Waals surface area (Å²) >= 11 is 6.42. The summed E-state index contributed by atoms with van der Waals surface area (Å²) in [5.41, 5.74) is 1.69. The van der Waals surface area contributed by atoms with Gasteiger partial charge in [0.2, 0.25) is 12.5 Å². The molecule has 2 aliphatic rings. The molecule has 29 heavy (non-hydrogen) atoms. The average Bonchev–Trinajstić information content (AvgIpc) is 3.31. The number of ether oxygens (including phenoxy) is 5. The average molecular weight is 421 g/mol. The van der Waals surface area contributed by atoms with E-state index < -0.39 is 0 Å². The van der Waals surface area contributed by atoms with E-state index in [0.717, 1.165) is 11.3 Å². The molecule has 2 heterocycles. The molecule has 2 aromatic carbocycles. The van der Waals surface area contributed by atoms with Crippen LogP contribution >= 0.6 is 11.6 Å². The summed E-state index contributed by atoms with van der Waals surface area (Å²) in [5, 5.41) is 10.4. The normalized spacial score (nSPS) is 19.9. The van der Waals surface area contributed by atoms with Gasteiger partial charge in [0.1, 0.15) is 0 Å². The third-order valence-electron chi connectivity index (χ3n) is 5.35. The first-order valence-electron chi connectivity index (χ1n) is 9.19. The third kappa shape index (κ3) is 3.62. The quantitative estimate of drug-likeness (QED) is 0.717.